The van der Waals surface area contributed by atoms with Crippen LogP contribution in [0.4, 0.5) is 13.2 Å². The molecule has 0 aromatic rings. The van der Waals surface area contributed by atoms with Crippen molar-refractivity contribution >= 4 is 0 Å². The van der Waals surface area contributed by atoms with Crippen LogP contribution in [0.5, 0.6) is 0 Å². The second-order valence-corrected chi connectivity index (χ2v) is 3.79. The fraction of sp³-hybridized carbons (Fsp3) is 1.00. The molecule has 0 aliphatic carbocycles. The Balaban J connectivity index is 4.35. The summed E-state index contributed by atoms with van der Waals surface area (Å²) in [6, 6.07) is -0.0337. The third-order valence-electron chi connectivity index (χ3n) is 2.32. The van der Waals surface area contributed by atoms with Gasteiger partial charge in [-0.2, -0.15) is 13.2 Å². The van der Waals surface area contributed by atoms with Crippen LogP contribution >= 0.6 is 0 Å². The summed E-state index contributed by atoms with van der Waals surface area (Å²) in [5.41, 5.74) is 5.09. The molecule has 0 aromatic carbocycles. The van der Waals surface area contributed by atoms with Crippen molar-refractivity contribution in [3.05, 3.63) is 0 Å². The maximum absolute atomic E-state index is 12.4. The van der Waals surface area contributed by atoms with E-state index < -0.39 is 18.6 Å². The number of aliphatic hydroxyl groups excluding tert-OH is 1. The van der Waals surface area contributed by atoms with Gasteiger partial charge in [-0.15, -0.1) is 0 Å². The van der Waals surface area contributed by atoms with Gasteiger partial charge < -0.3 is 10.8 Å². The molecule has 3 nitrogen and oxygen atoms in total. The van der Waals surface area contributed by atoms with Gasteiger partial charge >= 0.3 is 6.18 Å². The smallest absolute Gasteiger partial charge is 0.394 e. The maximum Gasteiger partial charge on any atom is 0.394 e. The third kappa shape index (κ3) is 5.34. The summed E-state index contributed by atoms with van der Waals surface area (Å²) in [4.78, 5) is 1.57. The number of alkyl halides is 3. The lowest BCUT2D eigenvalue weighted by Gasteiger charge is -2.30. The minimum Gasteiger partial charge on any atom is -0.395 e. The van der Waals surface area contributed by atoms with Crippen LogP contribution in [-0.2, 0) is 0 Å². The highest BCUT2D eigenvalue weighted by molar-refractivity contribution is 4.75. The van der Waals surface area contributed by atoms with E-state index in [4.69, 9.17) is 10.8 Å². The minimum absolute atomic E-state index is 0.0337. The molecule has 0 spiro atoms. The molecule has 3 N–H and O–H groups in total. The number of nitrogens with zero attached hydrogens (tertiary/aromatic N) is 1. The summed E-state index contributed by atoms with van der Waals surface area (Å²) in [6.07, 6.45) is -4.27. The summed E-state index contributed by atoms with van der Waals surface area (Å²) in [5.74, 6) is -1.52. The molecule has 0 saturated carbocycles. The molecule has 0 rings (SSSR count). The topological polar surface area (TPSA) is 49.5 Å². The Labute approximate surface area is 88.0 Å². The number of aliphatic hydroxyl groups is 1. The van der Waals surface area contributed by atoms with Crippen molar-refractivity contribution in [1.82, 2.24) is 4.90 Å². The summed E-state index contributed by atoms with van der Waals surface area (Å²) < 4.78 is 37.2. The van der Waals surface area contributed by atoms with Crippen molar-refractivity contribution in [2.45, 2.75) is 26.1 Å². The van der Waals surface area contributed by atoms with Crippen LogP contribution in [0.1, 0.15) is 13.8 Å². The van der Waals surface area contributed by atoms with Gasteiger partial charge in [0, 0.05) is 25.7 Å². The fourth-order valence-electron chi connectivity index (χ4n) is 1.28. The van der Waals surface area contributed by atoms with Crippen molar-refractivity contribution in [3.8, 4) is 0 Å². The quantitative estimate of drug-likeness (QED) is 0.708. The molecule has 15 heavy (non-hydrogen) atoms. The lowest BCUT2D eigenvalue weighted by Crippen LogP contribution is -2.44. The summed E-state index contributed by atoms with van der Waals surface area (Å²) in [5, 5.41) is 8.72. The zero-order chi connectivity index (χ0) is 12.1. The van der Waals surface area contributed by atoms with Gasteiger partial charge in [0.25, 0.3) is 0 Å². The Morgan fingerprint density at radius 3 is 2.13 bits per heavy atom. The highest BCUT2D eigenvalue weighted by atomic mass is 19.4. The van der Waals surface area contributed by atoms with Gasteiger partial charge in [0.15, 0.2) is 0 Å². The molecule has 0 aromatic heterocycles. The van der Waals surface area contributed by atoms with E-state index in [2.05, 4.69) is 0 Å². The molecule has 0 amide bonds. The van der Waals surface area contributed by atoms with E-state index in [9.17, 15) is 13.2 Å². The number of nitrogens with two attached hydrogens (primary N) is 1. The standard InChI is InChI=1S/C9H19F3N2O/c1-7(2)14(3-4-15)6-8(5-13)9(10,11)12/h7-8,15H,3-6,13H2,1-2H3. The van der Waals surface area contributed by atoms with Crippen LogP contribution in [0.15, 0.2) is 0 Å². The number of rotatable bonds is 6. The molecule has 0 aliphatic rings. The van der Waals surface area contributed by atoms with E-state index in [0.717, 1.165) is 0 Å². The van der Waals surface area contributed by atoms with Gasteiger partial charge in [-0.3, -0.25) is 4.90 Å². The van der Waals surface area contributed by atoms with Gasteiger partial charge in [-0.05, 0) is 13.8 Å². The van der Waals surface area contributed by atoms with Crippen molar-refractivity contribution in [3.63, 3.8) is 0 Å². The van der Waals surface area contributed by atoms with Crippen molar-refractivity contribution in [1.29, 1.82) is 0 Å². The molecule has 1 atom stereocenters. The molecule has 0 bridgehead atoms. The summed E-state index contributed by atoms with van der Waals surface area (Å²) >= 11 is 0. The predicted molar refractivity (Wildman–Crippen MR) is 52.4 cm³/mol. The van der Waals surface area contributed by atoms with Crippen molar-refractivity contribution in [2.24, 2.45) is 11.7 Å². The Kier molecular flexibility index (Phi) is 6.16. The molecule has 0 heterocycles. The molecule has 0 fully saturated rings. The Bertz CT molecular complexity index is 173. The summed E-state index contributed by atoms with van der Waals surface area (Å²) in [6.45, 7) is 3.10. The first-order valence-corrected chi connectivity index (χ1v) is 4.94. The van der Waals surface area contributed by atoms with E-state index in [1.807, 2.05) is 0 Å². The second kappa shape index (κ2) is 6.30. The molecular weight excluding hydrogens is 209 g/mol. The molecule has 0 radical (unpaired) electrons. The van der Waals surface area contributed by atoms with Crippen molar-refractivity contribution < 1.29 is 18.3 Å². The van der Waals surface area contributed by atoms with Crippen LogP contribution in [0.3, 0.4) is 0 Å². The van der Waals surface area contributed by atoms with Crippen LogP contribution in [0.25, 0.3) is 0 Å². The molecule has 6 heteroatoms. The lowest BCUT2D eigenvalue weighted by atomic mass is 10.1. The van der Waals surface area contributed by atoms with E-state index >= 15 is 0 Å². The first kappa shape index (κ1) is 14.7. The summed E-state index contributed by atoms with van der Waals surface area (Å²) in [7, 11) is 0. The van der Waals surface area contributed by atoms with E-state index in [-0.39, 0.29) is 25.7 Å². The van der Waals surface area contributed by atoms with Crippen LogP contribution < -0.4 is 5.73 Å². The normalized spacial score (nSPS) is 15.0. The molecule has 0 aliphatic heterocycles. The zero-order valence-corrected chi connectivity index (χ0v) is 9.09. The molecule has 0 saturated heterocycles. The van der Waals surface area contributed by atoms with Crippen LogP contribution in [0.2, 0.25) is 0 Å². The maximum atomic E-state index is 12.4. The van der Waals surface area contributed by atoms with Gasteiger partial charge in [0.1, 0.15) is 0 Å². The molecule has 92 valence electrons. The predicted octanol–water partition coefficient (Wildman–Crippen LogP) is 0.826. The van der Waals surface area contributed by atoms with E-state index in [1.165, 1.54) is 0 Å². The highest BCUT2D eigenvalue weighted by Gasteiger charge is 2.39. The van der Waals surface area contributed by atoms with Crippen molar-refractivity contribution in [2.75, 3.05) is 26.2 Å². The van der Waals surface area contributed by atoms with Gasteiger partial charge in [0.05, 0.1) is 12.5 Å². The SMILES string of the molecule is CC(C)N(CCO)CC(CN)C(F)(F)F. The Hall–Kier alpha value is -0.330. The van der Waals surface area contributed by atoms with E-state index in [1.54, 1.807) is 18.7 Å². The average Bonchev–Trinajstić information content (AvgIpc) is 2.09. The Morgan fingerprint density at radius 2 is 1.87 bits per heavy atom. The first-order chi connectivity index (χ1) is 6.82. The third-order valence-corrected chi connectivity index (χ3v) is 2.32. The largest absolute Gasteiger partial charge is 0.395 e. The highest BCUT2D eigenvalue weighted by Crippen LogP contribution is 2.26. The first-order valence-electron chi connectivity index (χ1n) is 4.94. The van der Waals surface area contributed by atoms with Gasteiger partial charge in [-0.25, -0.2) is 0 Å². The monoisotopic (exact) mass is 228 g/mol. The fourth-order valence-corrected chi connectivity index (χ4v) is 1.28. The van der Waals surface area contributed by atoms with Crippen LogP contribution in [-0.4, -0.2) is 48.5 Å². The molecular formula is C9H19F3N2O. The number of hydrogen-bond acceptors (Lipinski definition) is 3. The van der Waals surface area contributed by atoms with E-state index in [0.29, 0.717) is 0 Å². The minimum atomic E-state index is -4.27. The second-order valence-electron chi connectivity index (χ2n) is 3.79. The van der Waals surface area contributed by atoms with Gasteiger partial charge in [0.2, 0.25) is 0 Å². The number of hydrogen-bond donors (Lipinski definition) is 2. The van der Waals surface area contributed by atoms with Crippen LogP contribution in [0, 0.1) is 5.92 Å². The Morgan fingerprint density at radius 1 is 1.33 bits per heavy atom. The zero-order valence-electron chi connectivity index (χ0n) is 9.09. The average molecular weight is 228 g/mol. The number of halogens is 3. The molecule has 1 unspecified atom stereocenters. The lowest BCUT2D eigenvalue weighted by molar-refractivity contribution is -0.177. The van der Waals surface area contributed by atoms with Gasteiger partial charge in [-0.1, -0.05) is 0 Å².